The monoisotopic (exact) mass is 342 g/mol. The van der Waals surface area contributed by atoms with Crippen LogP contribution in [0.15, 0.2) is 24.3 Å². The van der Waals surface area contributed by atoms with Crippen molar-refractivity contribution in [3.63, 3.8) is 0 Å². The van der Waals surface area contributed by atoms with Gasteiger partial charge < -0.3 is 5.32 Å². The van der Waals surface area contributed by atoms with Gasteiger partial charge in [-0.1, -0.05) is 49.9 Å². The number of Topliss-reactive ketones (excluding diaryl/α,β-unsaturated/α-hetero) is 1. The summed E-state index contributed by atoms with van der Waals surface area (Å²) in [6.45, 7) is 2.37. The van der Waals surface area contributed by atoms with Crippen LogP contribution in [0.3, 0.4) is 0 Å². The van der Waals surface area contributed by atoms with Crippen molar-refractivity contribution >= 4 is 11.7 Å². The molecule has 1 aromatic rings. The van der Waals surface area contributed by atoms with Gasteiger partial charge in [0.25, 0.3) is 0 Å². The predicted molar refractivity (Wildman–Crippen MR) is 99.2 cm³/mol. The molecular formula is C21H30N2O2. The van der Waals surface area contributed by atoms with E-state index < -0.39 is 0 Å². The summed E-state index contributed by atoms with van der Waals surface area (Å²) in [5, 5.41) is 2.82. The smallest absolute Gasteiger partial charge is 0.220 e. The Balaban J connectivity index is 1.38. The van der Waals surface area contributed by atoms with Crippen LogP contribution in [0.25, 0.3) is 0 Å². The molecule has 4 heteroatoms. The zero-order chi connectivity index (χ0) is 17.5. The number of hydrogen-bond acceptors (Lipinski definition) is 3. The number of nitrogens with one attached hydrogen (secondary N) is 1. The Hall–Kier alpha value is -1.68. The molecule has 1 amide bonds. The van der Waals surface area contributed by atoms with E-state index in [1.54, 1.807) is 0 Å². The van der Waals surface area contributed by atoms with Crippen LogP contribution >= 0.6 is 0 Å². The minimum Gasteiger partial charge on any atom is -0.349 e. The maximum Gasteiger partial charge on any atom is 0.220 e. The fourth-order valence-electron chi connectivity index (χ4n) is 4.13. The lowest BCUT2D eigenvalue weighted by Gasteiger charge is -2.19. The highest BCUT2D eigenvalue weighted by Crippen LogP contribution is 2.28. The number of fused-ring (bicyclic) bond motifs is 1. The quantitative estimate of drug-likeness (QED) is 0.828. The molecule has 0 bridgehead atoms. The number of carbonyl (C=O) groups is 2. The molecular weight excluding hydrogens is 312 g/mol. The summed E-state index contributed by atoms with van der Waals surface area (Å²) in [4.78, 5) is 26.4. The normalized spacial score (nSPS) is 18.6. The van der Waals surface area contributed by atoms with E-state index in [2.05, 4.69) is 34.5 Å². The predicted octanol–water partition coefficient (Wildman–Crippen LogP) is 3.09. The van der Waals surface area contributed by atoms with Gasteiger partial charge >= 0.3 is 0 Å². The van der Waals surface area contributed by atoms with Gasteiger partial charge in [-0.25, -0.2) is 0 Å². The van der Waals surface area contributed by atoms with Gasteiger partial charge in [0.15, 0.2) is 5.78 Å². The van der Waals surface area contributed by atoms with Crippen LogP contribution in [0.1, 0.15) is 56.1 Å². The third-order valence-electron chi connectivity index (χ3n) is 5.57. The molecule has 2 aliphatic rings. The molecule has 0 radical (unpaired) electrons. The third-order valence-corrected chi connectivity index (χ3v) is 5.57. The van der Waals surface area contributed by atoms with Crippen molar-refractivity contribution in [1.82, 2.24) is 10.2 Å². The minimum absolute atomic E-state index is 0.0291. The summed E-state index contributed by atoms with van der Waals surface area (Å²) < 4.78 is 0. The van der Waals surface area contributed by atoms with Crippen LogP contribution in [0.4, 0.5) is 0 Å². The number of benzene rings is 1. The van der Waals surface area contributed by atoms with Gasteiger partial charge in [0.2, 0.25) is 5.91 Å². The molecule has 1 fully saturated rings. The second-order valence-corrected chi connectivity index (χ2v) is 7.59. The van der Waals surface area contributed by atoms with E-state index in [4.69, 9.17) is 0 Å². The van der Waals surface area contributed by atoms with Crippen LogP contribution in [0, 0.1) is 5.92 Å². The van der Waals surface area contributed by atoms with Crippen molar-refractivity contribution in [3.05, 3.63) is 35.4 Å². The average Bonchev–Trinajstić information content (AvgIpc) is 3.05. The molecule has 0 spiro atoms. The second-order valence-electron chi connectivity index (χ2n) is 7.59. The Morgan fingerprint density at radius 2 is 1.84 bits per heavy atom. The highest BCUT2D eigenvalue weighted by Gasteiger charge is 2.18. The number of amides is 1. The van der Waals surface area contributed by atoms with E-state index >= 15 is 0 Å². The van der Waals surface area contributed by atoms with Crippen LogP contribution < -0.4 is 5.32 Å². The second kappa shape index (κ2) is 9.14. The van der Waals surface area contributed by atoms with Gasteiger partial charge in [0, 0.05) is 13.0 Å². The van der Waals surface area contributed by atoms with Gasteiger partial charge in [0.05, 0.1) is 13.1 Å². The summed E-state index contributed by atoms with van der Waals surface area (Å²) in [7, 11) is 0. The third kappa shape index (κ3) is 5.67. The number of nitrogens with zero attached hydrogens (tertiary/aromatic N) is 1. The molecule has 1 aliphatic heterocycles. The molecule has 3 rings (SSSR count). The Labute approximate surface area is 151 Å². The lowest BCUT2D eigenvalue weighted by atomic mass is 10.0. The van der Waals surface area contributed by atoms with Crippen molar-refractivity contribution in [2.45, 2.75) is 57.9 Å². The van der Waals surface area contributed by atoms with Gasteiger partial charge in [-0.05, 0) is 42.9 Å². The first-order valence-corrected chi connectivity index (χ1v) is 9.78. The Kier molecular flexibility index (Phi) is 6.62. The lowest BCUT2D eigenvalue weighted by Crippen LogP contribution is -2.37. The van der Waals surface area contributed by atoms with Crippen molar-refractivity contribution in [3.8, 4) is 0 Å². The molecule has 25 heavy (non-hydrogen) atoms. The Morgan fingerprint density at radius 1 is 1.08 bits per heavy atom. The fourth-order valence-corrected chi connectivity index (χ4v) is 4.13. The minimum atomic E-state index is 0.0291. The first kappa shape index (κ1) is 18.1. The number of carbonyl (C=O) groups excluding carboxylic acids is 2. The average molecular weight is 342 g/mol. The fraction of sp³-hybridized carbons (Fsp3) is 0.619. The molecule has 1 heterocycles. The molecule has 1 saturated carbocycles. The van der Waals surface area contributed by atoms with Gasteiger partial charge in [0.1, 0.15) is 0 Å². The van der Waals surface area contributed by atoms with Crippen LogP contribution in [0.2, 0.25) is 0 Å². The molecule has 1 aliphatic carbocycles. The van der Waals surface area contributed by atoms with Crippen LogP contribution in [0.5, 0.6) is 0 Å². The summed E-state index contributed by atoms with van der Waals surface area (Å²) in [6, 6.07) is 8.49. The Bertz CT molecular complexity index is 593. The van der Waals surface area contributed by atoms with E-state index in [-0.39, 0.29) is 18.2 Å². The zero-order valence-electron chi connectivity index (χ0n) is 15.1. The van der Waals surface area contributed by atoms with E-state index in [9.17, 15) is 9.59 Å². The van der Waals surface area contributed by atoms with Gasteiger partial charge in [-0.3, -0.25) is 14.5 Å². The van der Waals surface area contributed by atoms with Gasteiger partial charge in [-0.15, -0.1) is 0 Å². The van der Waals surface area contributed by atoms with Crippen LogP contribution in [-0.4, -0.2) is 36.2 Å². The highest BCUT2D eigenvalue weighted by atomic mass is 16.2. The van der Waals surface area contributed by atoms with Crippen molar-refractivity contribution < 1.29 is 9.59 Å². The van der Waals surface area contributed by atoms with Crippen molar-refractivity contribution in [2.75, 3.05) is 19.6 Å². The zero-order valence-corrected chi connectivity index (χ0v) is 15.1. The molecule has 0 atom stereocenters. The Morgan fingerprint density at radius 3 is 2.64 bits per heavy atom. The molecule has 1 N–H and O–H groups in total. The largest absolute Gasteiger partial charge is 0.349 e. The highest BCUT2D eigenvalue weighted by molar-refractivity contribution is 5.87. The van der Waals surface area contributed by atoms with Gasteiger partial charge in [-0.2, -0.15) is 0 Å². The van der Waals surface area contributed by atoms with E-state index in [0.717, 1.165) is 38.3 Å². The van der Waals surface area contributed by atoms with Crippen LogP contribution in [-0.2, 0) is 22.6 Å². The number of hydrogen-bond donors (Lipinski definition) is 1. The molecule has 4 nitrogen and oxygen atoms in total. The van der Waals surface area contributed by atoms with E-state index in [0.29, 0.717) is 13.0 Å². The summed E-state index contributed by atoms with van der Waals surface area (Å²) in [6.07, 6.45) is 8.85. The summed E-state index contributed by atoms with van der Waals surface area (Å²) >= 11 is 0. The lowest BCUT2D eigenvalue weighted by molar-refractivity contribution is -0.125. The SMILES string of the molecule is O=C(CNC(=O)CCC1CCCC1)CN1CCCc2ccccc2C1. The summed E-state index contributed by atoms with van der Waals surface area (Å²) in [5.41, 5.74) is 2.73. The first-order valence-electron chi connectivity index (χ1n) is 9.78. The van der Waals surface area contributed by atoms with Crippen molar-refractivity contribution in [1.29, 1.82) is 0 Å². The summed E-state index contributed by atoms with van der Waals surface area (Å²) in [5.74, 6) is 0.855. The standard InChI is InChI=1S/C21H30N2O2/c24-20(14-22-21(25)12-11-17-6-1-2-7-17)16-23-13-5-10-18-8-3-4-9-19(18)15-23/h3-4,8-9,17H,1-2,5-7,10-16H2,(H,22,25). The molecule has 0 unspecified atom stereocenters. The number of rotatable bonds is 7. The maximum absolute atomic E-state index is 12.2. The first-order chi connectivity index (χ1) is 12.2. The molecule has 0 saturated heterocycles. The molecule has 0 aromatic heterocycles. The number of ketones is 1. The molecule has 1 aromatic carbocycles. The van der Waals surface area contributed by atoms with E-state index in [1.807, 2.05) is 0 Å². The number of aryl methyl sites for hydroxylation is 1. The van der Waals surface area contributed by atoms with Crippen molar-refractivity contribution in [2.24, 2.45) is 5.92 Å². The maximum atomic E-state index is 12.2. The van der Waals surface area contributed by atoms with E-state index in [1.165, 1.54) is 36.8 Å². The molecule has 136 valence electrons. The topological polar surface area (TPSA) is 49.4 Å².